The van der Waals surface area contributed by atoms with E-state index in [1.165, 1.54) is 6.07 Å². The summed E-state index contributed by atoms with van der Waals surface area (Å²) in [6.45, 7) is 0.691. The molecule has 1 unspecified atom stereocenters. The van der Waals surface area contributed by atoms with Crippen LogP contribution in [0.5, 0.6) is 0 Å². The second kappa shape index (κ2) is 4.83. The lowest BCUT2D eigenvalue weighted by atomic mass is 9.98. The molecule has 5 nitrogen and oxygen atoms in total. The second-order valence-electron chi connectivity index (χ2n) is 3.99. The average Bonchev–Trinajstić information content (AvgIpc) is 2.67. The molecule has 0 radical (unpaired) electrons. The number of nitrogens with zero attached hydrogens (tertiary/aromatic N) is 1. The van der Waals surface area contributed by atoms with Crippen LogP contribution in [0.4, 0.5) is 5.69 Å². The van der Waals surface area contributed by atoms with Gasteiger partial charge in [-0.1, -0.05) is 12.1 Å². The summed E-state index contributed by atoms with van der Waals surface area (Å²) >= 11 is 3.24. The molecule has 0 saturated carbocycles. The van der Waals surface area contributed by atoms with E-state index >= 15 is 0 Å². The van der Waals surface area contributed by atoms with Crippen molar-refractivity contribution >= 4 is 27.5 Å². The summed E-state index contributed by atoms with van der Waals surface area (Å²) in [4.78, 5) is 21.8. The van der Waals surface area contributed by atoms with Gasteiger partial charge >= 0.3 is 0 Å². The first-order chi connectivity index (χ1) is 8.09. The van der Waals surface area contributed by atoms with E-state index < -0.39 is 4.92 Å². The zero-order chi connectivity index (χ0) is 12.4. The van der Waals surface area contributed by atoms with Crippen molar-refractivity contribution in [2.24, 2.45) is 5.92 Å². The molecule has 1 atom stereocenters. The summed E-state index contributed by atoms with van der Waals surface area (Å²) in [7, 11) is 0. The SMILES string of the molecule is O=C1NCCC1Cc1cccc([N+](=O)[O-])c1Br. The van der Waals surface area contributed by atoms with Crippen molar-refractivity contribution in [1.82, 2.24) is 5.32 Å². The number of hydrogen-bond acceptors (Lipinski definition) is 3. The third kappa shape index (κ3) is 2.46. The van der Waals surface area contributed by atoms with E-state index in [9.17, 15) is 14.9 Å². The maximum absolute atomic E-state index is 11.4. The predicted molar refractivity (Wildman–Crippen MR) is 65.6 cm³/mol. The van der Waals surface area contributed by atoms with Gasteiger partial charge in [-0.3, -0.25) is 14.9 Å². The van der Waals surface area contributed by atoms with Gasteiger partial charge in [-0.15, -0.1) is 0 Å². The fourth-order valence-corrected chi connectivity index (χ4v) is 2.54. The molecule has 1 aromatic rings. The minimum atomic E-state index is -0.428. The van der Waals surface area contributed by atoms with Crippen molar-refractivity contribution in [2.75, 3.05) is 6.54 Å². The van der Waals surface area contributed by atoms with Gasteiger partial charge in [-0.05, 0) is 34.3 Å². The van der Waals surface area contributed by atoms with Crippen molar-refractivity contribution in [3.8, 4) is 0 Å². The van der Waals surface area contributed by atoms with Gasteiger partial charge in [0.15, 0.2) is 0 Å². The topological polar surface area (TPSA) is 72.2 Å². The highest BCUT2D eigenvalue weighted by molar-refractivity contribution is 9.10. The van der Waals surface area contributed by atoms with Crippen LogP contribution in [0.3, 0.4) is 0 Å². The molecule has 1 aliphatic rings. The Bertz CT molecular complexity index is 476. The van der Waals surface area contributed by atoms with Crippen LogP contribution in [0.15, 0.2) is 22.7 Å². The molecule has 0 bridgehead atoms. The Morgan fingerprint density at radius 2 is 2.29 bits per heavy atom. The molecule has 0 spiro atoms. The molecule has 1 amide bonds. The van der Waals surface area contributed by atoms with Gasteiger partial charge in [0.25, 0.3) is 5.69 Å². The number of benzene rings is 1. The van der Waals surface area contributed by atoms with Gasteiger partial charge in [0.1, 0.15) is 0 Å². The Balaban J connectivity index is 2.24. The van der Waals surface area contributed by atoms with E-state index in [-0.39, 0.29) is 17.5 Å². The Kier molecular flexibility index (Phi) is 3.42. The first kappa shape index (κ1) is 12.0. The van der Waals surface area contributed by atoms with Gasteiger partial charge in [-0.25, -0.2) is 0 Å². The summed E-state index contributed by atoms with van der Waals surface area (Å²) in [5.41, 5.74) is 0.849. The highest BCUT2D eigenvalue weighted by Gasteiger charge is 2.26. The Hall–Kier alpha value is -1.43. The van der Waals surface area contributed by atoms with Crippen molar-refractivity contribution in [2.45, 2.75) is 12.8 Å². The van der Waals surface area contributed by atoms with Crippen molar-refractivity contribution in [1.29, 1.82) is 0 Å². The number of hydrogen-bond donors (Lipinski definition) is 1. The second-order valence-corrected chi connectivity index (χ2v) is 4.78. The highest BCUT2D eigenvalue weighted by Crippen LogP contribution is 2.30. The number of carbonyl (C=O) groups excluding carboxylic acids is 1. The number of nitrogens with one attached hydrogen (secondary N) is 1. The molecule has 1 fully saturated rings. The minimum absolute atomic E-state index is 0.0309. The molecule has 0 aliphatic carbocycles. The molecular formula is C11H11BrN2O3. The molecular weight excluding hydrogens is 288 g/mol. The molecule has 1 N–H and O–H groups in total. The molecule has 2 rings (SSSR count). The van der Waals surface area contributed by atoms with Gasteiger partial charge in [0.2, 0.25) is 5.91 Å². The summed E-state index contributed by atoms with van der Waals surface area (Å²) < 4.78 is 0.477. The lowest BCUT2D eigenvalue weighted by Gasteiger charge is -2.08. The lowest BCUT2D eigenvalue weighted by Crippen LogP contribution is -2.20. The molecule has 1 aliphatic heterocycles. The summed E-state index contributed by atoms with van der Waals surface area (Å²) in [5, 5.41) is 13.5. The zero-order valence-electron chi connectivity index (χ0n) is 8.98. The van der Waals surface area contributed by atoms with E-state index in [4.69, 9.17) is 0 Å². The molecule has 17 heavy (non-hydrogen) atoms. The Morgan fingerprint density at radius 3 is 2.88 bits per heavy atom. The van der Waals surface area contributed by atoms with Crippen LogP contribution in [0.2, 0.25) is 0 Å². The smallest absolute Gasteiger partial charge is 0.283 e. The van der Waals surface area contributed by atoms with E-state index in [0.717, 1.165) is 12.0 Å². The average molecular weight is 299 g/mol. The number of carbonyl (C=O) groups is 1. The predicted octanol–water partition coefficient (Wildman–Crippen LogP) is 2.04. The fourth-order valence-electron chi connectivity index (χ4n) is 1.97. The van der Waals surface area contributed by atoms with Crippen LogP contribution in [0.25, 0.3) is 0 Å². The standard InChI is InChI=1S/C11H11BrN2O3/c12-10-7(2-1-3-9(10)14(16)17)6-8-4-5-13-11(8)15/h1-3,8H,4-6H2,(H,13,15). The van der Waals surface area contributed by atoms with Gasteiger partial charge in [0, 0.05) is 18.5 Å². The van der Waals surface area contributed by atoms with Gasteiger partial charge in [-0.2, -0.15) is 0 Å². The first-order valence-corrected chi connectivity index (χ1v) is 6.08. The molecule has 1 aromatic carbocycles. The van der Waals surface area contributed by atoms with Crippen molar-refractivity contribution in [3.05, 3.63) is 38.3 Å². The van der Waals surface area contributed by atoms with Crippen LogP contribution in [0, 0.1) is 16.0 Å². The molecule has 0 aromatic heterocycles. The Labute approximate surface area is 106 Å². The first-order valence-electron chi connectivity index (χ1n) is 5.29. The summed E-state index contributed by atoms with van der Waals surface area (Å²) in [6, 6.07) is 4.90. The maximum atomic E-state index is 11.4. The molecule has 90 valence electrons. The van der Waals surface area contributed by atoms with Gasteiger partial charge in [0.05, 0.1) is 9.40 Å². The minimum Gasteiger partial charge on any atom is -0.356 e. The Morgan fingerprint density at radius 1 is 1.53 bits per heavy atom. The van der Waals surface area contributed by atoms with Crippen LogP contribution in [-0.4, -0.2) is 17.4 Å². The third-order valence-electron chi connectivity index (χ3n) is 2.88. The van der Waals surface area contributed by atoms with E-state index in [2.05, 4.69) is 21.2 Å². The largest absolute Gasteiger partial charge is 0.356 e. The number of halogens is 1. The molecule has 1 heterocycles. The molecule has 1 saturated heterocycles. The third-order valence-corrected chi connectivity index (χ3v) is 3.80. The van der Waals surface area contributed by atoms with Crippen LogP contribution < -0.4 is 5.32 Å². The fraction of sp³-hybridized carbons (Fsp3) is 0.364. The van der Waals surface area contributed by atoms with Crippen LogP contribution >= 0.6 is 15.9 Å². The quantitative estimate of drug-likeness (QED) is 0.685. The maximum Gasteiger partial charge on any atom is 0.283 e. The van der Waals surface area contributed by atoms with Crippen molar-refractivity contribution < 1.29 is 9.72 Å². The van der Waals surface area contributed by atoms with Crippen LogP contribution in [-0.2, 0) is 11.2 Å². The van der Waals surface area contributed by atoms with Gasteiger partial charge < -0.3 is 5.32 Å². The normalized spacial score (nSPS) is 19.1. The highest BCUT2D eigenvalue weighted by atomic mass is 79.9. The van der Waals surface area contributed by atoms with Crippen molar-refractivity contribution in [3.63, 3.8) is 0 Å². The molecule has 6 heteroatoms. The monoisotopic (exact) mass is 298 g/mol. The number of nitro benzene ring substituents is 1. The van der Waals surface area contributed by atoms with E-state index in [0.29, 0.717) is 17.4 Å². The zero-order valence-corrected chi connectivity index (χ0v) is 10.6. The van der Waals surface area contributed by atoms with E-state index in [1.807, 2.05) is 6.07 Å². The van der Waals surface area contributed by atoms with E-state index in [1.54, 1.807) is 6.07 Å². The lowest BCUT2D eigenvalue weighted by molar-refractivity contribution is -0.385. The number of amides is 1. The summed E-state index contributed by atoms with van der Waals surface area (Å²) in [5.74, 6) is -0.0447. The summed E-state index contributed by atoms with van der Waals surface area (Å²) in [6.07, 6.45) is 1.32. The number of nitro groups is 1. The van der Waals surface area contributed by atoms with Crippen LogP contribution in [0.1, 0.15) is 12.0 Å². The number of rotatable bonds is 3.